The van der Waals surface area contributed by atoms with Gasteiger partial charge >= 0.3 is 12.3 Å². The first-order valence-corrected chi connectivity index (χ1v) is 7.16. The number of hydrogen-bond acceptors (Lipinski definition) is 4. The van der Waals surface area contributed by atoms with Crippen LogP contribution >= 0.6 is 0 Å². The third-order valence-electron chi connectivity index (χ3n) is 2.81. The highest BCUT2D eigenvalue weighted by Crippen LogP contribution is 2.25. The van der Waals surface area contributed by atoms with Gasteiger partial charge < -0.3 is 19.9 Å². The minimum atomic E-state index is -4.81. The molecular weight excluding hydrogens is 331 g/mol. The maximum absolute atomic E-state index is 12.1. The molecule has 0 bridgehead atoms. The Bertz CT molecular complexity index is 545. The van der Waals surface area contributed by atoms with Gasteiger partial charge in [0.15, 0.2) is 0 Å². The first-order valence-electron chi connectivity index (χ1n) is 7.16. The second-order valence-electron chi connectivity index (χ2n) is 4.89. The van der Waals surface area contributed by atoms with Crippen LogP contribution in [0.15, 0.2) is 24.3 Å². The predicted molar refractivity (Wildman–Crippen MR) is 77.4 cm³/mol. The van der Waals surface area contributed by atoms with Gasteiger partial charge in [0.05, 0.1) is 12.5 Å². The van der Waals surface area contributed by atoms with Crippen LogP contribution < -0.4 is 10.1 Å². The minimum Gasteiger partial charge on any atom is -0.481 e. The Balaban J connectivity index is 2.76. The lowest BCUT2D eigenvalue weighted by molar-refractivity contribution is -0.274. The van der Waals surface area contributed by atoms with Crippen LogP contribution in [0.5, 0.6) is 5.75 Å². The van der Waals surface area contributed by atoms with Crippen LogP contribution in [-0.4, -0.2) is 36.6 Å². The van der Waals surface area contributed by atoms with E-state index in [9.17, 15) is 22.8 Å². The largest absolute Gasteiger partial charge is 0.573 e. The number of carboxylic acid groups (broad SMARTS) is 1. The Morgan fingerprint density at radius 1 is 1.25 bits per heavy atom. The maximum Gasteiger partial charge on any atom is 0.573 e. The number of carbonyl (C=O) groups excluding carboxylic acids is 1. The molecule has 0 aliphatic heterocycles. The number of hydrogen-bond donors (Lipinski definition) is 2. The summed E-state index contributed by atoms with van der Waals surface area (Å²) in [6.45, 7) is 2.04. The molecule has 0 radical (unpaired) electrons. The summed E-state index contributed by atoms with van der Waals surface area (Å²) in [7, 11) is 0. The van der Waals surface area contributed by atoms with Crippen LogP contribution in [0.2, 0.25) is 0 Å². The Hall–Kier alpha value is -2.29. The fraction of sp³-hybridized carbons (Fsp3) is 0.467. The lowest BCUT2D eigenvalue weighted by atomic mass is 10.0. The number of carbonyl (C=O) groups is 2. The first kappa shape index (κ1) is 19.8. The fourth-order valence-electron chi connectivity index (χ4n) is 1.87. The molecule has 1 atom stereocenters. The van der Waals surface area contributed by atoms with E-state index in [1.165, 1.54) is 12.1 Å². The molecule has 1 rings (SSSR count). The lowest BCUT2D eigenvalue weighted by Crippen LogP contribution is -2.33. The van der Waals surface area contributed by atoms with Gasteiger partial charge in [-0.05, 0) is 24.1 Å². The van der Waals surface area contributed by atoms with E-state index < -0.39 is 36.5 Å². The summed E-state index contributed by atoms with van der Waals surface area (Å²) in [4.78, 5) is 22.7. The van der Waals surface area contributed by atoms with Crippen molar-refractivity contribution in [2.75, 3.05) is 13.2 Å². The predicted octanol–water partition coefficient (Wildman–Crippen LogP) is 2.64. The highest BCUT2D eigenvalue weighted by molar-refractivity contribution is 5.78. The van der Waals surface area contributed by atoms with Crippen LogP contribution in [0.25, 0.3) is 0 Å². The Morgan fingerprint density at radius 2 is 1.88 bits per heavy atom. The molecule has 0 aromatic heterocycles. The molecule has 0 saturated heterocycles. The summed E-state index contributed by atoms with van der Waals surface area (Å²) in [5.74, 6) is -2.10. The highest BCUT2D eigenvalue weighted by atomic mass is 19.4. The first-order chi connectivity index (χ1) is 11.2. The molecule has 0 aliphatic carbocycles. The molecular formula is C15H18F3NO5. The van der Waals surface area contributed by atoms with Crippen molar-refractivity contribution in [3.05, 3.63) is 29.8 Å². The van der Waals surface area contributed by atoms with Crippen LogP contribution in [0.1, 0.15) is 31.4 Å². The number of amides is 1. The topological polar surface area (TPSA) is 84.9 Å². The molecule has 0 aliphatic rings. The molecule has 0 saturated carbocycles. The van der Waals surface area contributed by atoms with Gasteiger partial charge in [0.2, 0.25) is 5.91 Å². The standard InChI is InChI=1S/C15H18F3NO5/c1-2-7-23-9-13(20)19-12(8-14(21)22)10-3-5-11(6-4-10)24-15(16,17)18/h3-6,12H,2,7-9H2,1H3,(H,19,20)(H,21,22). The highest BCUT2D eigenvalue weighted by Gasteiger charge is 2.31. The number of rotatable bonds is 9. The number of aliphatic carboxylic acids is 1. The molecule has 2 N–H and O–H groups in total. The van der Waals surface area contributed by atoms with Gasteiger partial charge in [-0.3, -0.25) is 9.59 Å². The summed E-state index contributed by atoms with van der Waals surface area (Å²) in [5, 5.41) is 11.4. The van der Waals surface area contributed by atoms with E-state index in [0.29, 0.717) is 12.2 Å². The number of ether oxygens (including phenoxy) is 2. The number of halogens is 3. The molecule has 1 amide bonds. The normalized spacial score (nSPS) is 12.5. The van der Waals surface area contributed by atoms with E-state index >= 15 is 0 Å². The van der Waals surface area contributed by atoms with Crippen molar-refractivity contribution >= 4 is 11.9 Å². The van der Waals surface area contributed by atoms with Crippen LogP contribution in [0.3, 0.4) is 0 Å². The summed E-state index contributed by atoms with van der Waals surface area (Å²) in [5.41, 5.74) is 0.343. The number of carboxylic acids is 1. The van der Waals surface area contributed by atoms with Crippen molar-refractivity contribution in [1.82, 2.24) is 5.32 Å². The van der Waals surface area contributed by atoms with Crippen molar-refractivity contribution in [2.45, 2.75) is 32.2 Å². The zero-order valence-corrected chi connectivity index (χ0v) is 12.9. The van der Waals surface area contributed by atoms with Gasteiger partial charge in [-0.2, -0.15) is 0 Å². The average molecular weight is 349 g/mol. The molecule has 1 aromatic carbocycles. The molecule has 134 valence electrons. The number of nitrogens with one attached hydrogen (secondary N) is 1. The van der Waals surface area contributed by atoms with Crippen LogP contribution in [0, 0.1) is 0 Å². The van der Waals surface area contributed by atoms with E-state index in [4.69, 9.17) is 9.84 Å². The minimum absolute atomic E-state index is 0.223. The van der Waals surface area contributed by atoms with Gasteiger partial charge in [-0.1, -0.05) is 19.1 Å². The molecule has 9 heteroatoms. The van der Waals surface area contributed by atoms with Crippen molar-refractivity contribution in [3.63, 3.8) is 0 Å². The van der Waals surface area contributed by atoms with Crippen LogP contribution in [0.4, 0.5) is 13.2 Å². The molecule has 1 aromatic rings. The summed E-state index contributed by atoms with van der Waals surface area (Å²) >= 11 is 0. The van der Waals surface area contributed by atoms with Gasteiger partial charge in [0.25, 0.3) is 0 Å². The molecule has 0 heterocycles. The summed E-state index contributed by atoms with van der Waals surface area (Å²) in [6, 6.07) is 3.75. The Kier molecular flexibility index (Phi) is 7.50. The van der Waals surface area contributed by atoms with E-state index in [1.807, 2.05) is 6.92 Å². The fourth-order valence-corrected chi connectivity index (χ4v) is 1.87. The molecule has 24 heavy (non-hydrogen) atoms. The lowest BCUT2D eigenvalue weighted by Gasteiger charge is -2.18. The Morgan fingerprint density at radius 3 is 2.38 bits per heavy atom. The molecule has 1 unspecified atom stereocenters. The van der Waals surface area contributed by atoms with Crippen LogP contribution in [-0.2, 0) is 14.3 Å². The van der Waals surface area contributed by atoms with Gasteiger partial charge in [0, 0.05) is 6.61 Å². The van der Waals surface area contributed by atoms with E-state index in [2.05, 4.69) is 10.1 Å². The molecule has 0 fully saturated rings. The van der Waals surface area contributed by atoms with E-state index in [-0.39, 0.29) is 6.61 Å². The Labute approximate surface area is 136 Å². The smallest absolute Gasteiger partial charge is 0.481 e. The third-order valence-corrected chi connectivity index (χ3v) is 2.81. The SMILES string of the molecule is CCCOCC(=O)NC(CC(=O)O)c1ccc(OC(F)(F)F)cc1. The zero-order valence-electron chi connectivity index (χ0n) is 12.9. The van der Waals surface area contributed by atoms with Gasteiger partial charge in [0.1, 0.15) is 12.4 Å². The average Bonchev–Trinajstić information content (AvgIpc) is 2.45. The van der Waals surface area contributed by atoms with Gasteiger partial charge in [-0.25, -0.2) is 0 Å². The third kappa shape index (κ3) is 7.82. The summed E-state index contributed by atoms with van der Waals surface area (Å²) < 4.78 is 45.2. The maximum atomic E-state index is 12.1. The van der Waals surface area contributed by atoms with Gasteiger partial charge in [-0.15, -0.1) is 13.2 Å². The molecule has 0 spiro atoms. The quantitative estimate of drug-likeness (QED) is 0.670. The second-order valence-corrected chi connectivity index (χ2v) is 4.89. The number of benzene rings is 1. The van der Waals surface area contributed by atoms with E-state index in [0.717, 1.165) is 18.6 Å². The summed E-state index contributed by atoms with van der Waals surface area (Å²) in [6.07, 6.45) is -4.50. The second kappa shape index (κ2) is 9.11. The van der Waals surface area contributed by atoms with E-state index in [1.54, 1.807) is 0 Å². The monoisotopic (exact) mass is 349 g/mol. The number of alkyl halides is 3. The van der Waals surface area contributed by atoms with Crippen molar-refractivity contribution in [1.29, 1.82) is 0 Å². The van der Waals surface area contributed by atoms with Crippen molar-refractivity contribution in [2.24, 2.45) is 0 Å². The molecule has 6 nitrogen and oxygen atoms in total. The van der Waals surface area contributed by atoms with Crippen molar-refractivity contribution < 1.29 is 37.3 Å². The van der Waals surface area contributed by atoms with Crippen molar-refractivity contribution in [3.8, 4) is 5.75 Å². The zero-order chi connectivity index (χ0) is 18.2.